The van der Waals surface area contributed by atoms with Gasteiger partial charge in [0.05, 0.1) is 11.4 Å². The quantitative estimate of drug-likeness (QED) is 0.427. The van der Waals surface area contributed by atoms with Gasteiger partial charge in [-0.15, -0.1) is 0 Å². The Morgan fingerprint density at radius 1 is 0.667 bits per heavy atom. The maximum Gasteiger partial charge on any atom is 0.0601 e. The van der Waals surface area contributed by atoms with Crippen molar-refractivity contribution >= 4 is 28.8 Å². The van der Waals surface area contributed by atoms with Crippen molar-refractivity contribution in [3.8, 4) is 0 Å². The number of aryl methyl sites for hydroxylation is 1. The van der Waals surface area contributed by atoms with E-state index in [9.17, 15) is 0 Å². The molecule has 1 nitrogen and oxygen atoms in total. The third-order valence-corrected chi connectivity index (χ3v) is 4.85. The van der Waals surface area contributed by atoms with Gasteiger partial charge in [-0.1, -0.05) is 53.7 Å². The maximum atomic E-state index is 2.35. The largest absolute Gasteiger partial charge is 0.308 e. The van der Waals surface area contributed by atoms with Gasteiger partial charge in [0.15, 0.2) is 0 Å². The molecule has 2 heteroatoms. The molecule has 4 rings (SSSR count). The Morgan fingerprint density at radius 2 is 1.19 bits per heavy atom. The summed E-state index contributed by atoms with van der Waals surface area (Å²) in [5.74, 6) is 0. The van der Waals surface area contributed by atoms with Crippen LogP contribution in [-0.4, -0.2) is 0 Å². The maximum absolute atomic E-state index is 2.35. The van der Waals surface area contributed by atoms with Crippen molar-refractivity contribution in [3.05, 3.63) is 78.4 Å². The number of benzene rings is 3. The van der Waals surface area contributed by atoms with Crippen LogP contribution < -0.4 is 4.90 Å². The molecule has 1 heterocycles. The van der Waals surface area contributed by atoms with Crippen molar-refractivity contribution in [2.24, 2.45) is 0 Å². The summed E-state index contributed by atoms with van der Waals surface area (Å²) >= 11 is 1.84. The van der Waals surface area contributed by atoms with Gasteiger partial charge >= 0.3 is 0 Å². The lowest BCUT2D eigenvalue weighted by Crippen LogP contribution is -2.14. The van der Waals surface area contributed by atoms with Crippen molar-refractivity contribution in [1.29, 1.82) is 0 Å². The Kier molecular flexibility index (Phi) is 2.97. The van der Waals surface area contributed by atoms with Gasteiger partial charge in [-0.05, 0) is 43.3 Å². The molecule has 1 aliphatic rings. The van der Waals surface area contributed by atoms with Crippen molar-refractivity contribution in [2.45, 2.75) is 16.7 Å². The first-order valence-corrected chi connectivity index (χ1v) is 7.87. The molecule has 0 radical (unpaired) electrons. The van der Waals surface area contributed by atoms with Gasteiger partial charge in [0.2, 0.25) is 0 Å². The summed E-state index contributed by atoms with van der Waals surface area (Å²) in [5, 5.41) is 0. The smallest absolute Gasteiger partial charge is 0.0601 e. The van der Waals surface area contributed by atoms with E-state index in [0.717, 1.165) is 0 Å². The molecule has 0 aliphatic carbocycles. The lowest BCUT2D eigenvalue weighted by atomic mass is 10.1. The fraction of sp³-hybridized carbons (Fsp3) is 0.0526. The van der Waals surface area contributed by atoms with E-state index < -0.39 is 0 Å². The molecule has 3 aromatic carbocycles. The third kappa shape index (κ3) is 2.12. The molecule has 0 N–H and O–H groups in total. The second-order valence-electron chi connectivity index (χ2n) is 5.21. The molecule has 0 saturated heterocycles. The van der Waals surface area contributed by atoms with E-state index in [4.69, 9.17) is 0 Å². The molecule has 0 amide bonds. The minimum absolute atomic E-state index is 1.21. The highest BCUT2D eigenvalue weighted by Crippen LogP contribution is 2.50. The van der Waals surface area contributed by atoms with Crippen LogP contribution in [0.4, 0.5) is 17.1 Å². The normalized spacial score (nSPS) is 12.7. The number of hydrogen-bond donors (Lipinski definition) is 0. The van der Waals surface area contributed by atoms with E-state index in [1.165, 1.54) is 32.4 Å². The average Bonchev–Trinajstić information content (AvgIpc) is 2.53. The van der Waals surface area contributed by atoms with Crippen molar-refractivity contribution < 1.29 is 0 Å². The van der Waals surface area contributed by atoms with Crippen LogP contribution in [0.5, 0.6) is 0 Å². The molecule has 1 aliphatic heterocycles. The summed E-state index contributed by atoms with van der Waals surface area (Å²) in [6.07, 6.45) is 0. The van der Waals surface area contributed by atoms with Gasteiger partial charge in [-0.2, -0.15) is 0 Å². The molecule has 0 unspecified atom stereocenters. The Balaban J connectivity index is 1.95. The number of anilines is 3. The Morgan fingerprint density at radius 3 is 1.76 bits per heavy atom. The molecule has 0 aromatic heterocycles. The molecule has 3 aromatic rings. The average molecular weight is 289 g/mol. The van der Waals surface area contributed by atoms with E-state index in [1.807, 2.05) is 11.8 Å². The van der Waals surface area contributed by atoms with Crippen molar-refractivity contribution in [2.75, 3.05) is 4.90 Å². The molecule has 0 spiro atoms. The molecular weight excluding hydrogens is 274 g/mol. The summed E-state index contributed by atoms with van der Waals surface area (Å²) in [6.45, 7) is 2.12. The Hall–Kier alpha value is -2.19. The van der Waals surface area contributed by atoms with Gasteiger partial charge < -0.3 is 4.90 Å². The Labute approximate surface area is 129 Å². The first-order valence-electron chi connectivity index (χ1n) is 7.06. The van der Waals surface area contributed by atoms with E-state index in [0.29, 0.717) is 0 Å². The summed E-state index contributed by atoms with van der Waals surface area (Å²) in [7, 11) is 0. The molecular formula is C19H15NS. The van der Waals surface area contributed by atoms with Crippen LogP contribution in [0.3, 0.4) is 0 Å². The first-order chi connectivity index (χ1) is 10.3. The van der Waals surface area contributed by atoms with Crippen LogP contribution >= 0.6 is 11.8 Å². The molecule has 0 fully saturated rings. The van der Waals surface area contributed by atoms with Crippen molar-refractivity contribution in [3.63, 3.8) is 0 Å². The van der Waals surface area contributed by atoms with Gasteiger partial charge in [-0.25, -0.2) is 0 Å². The second-order valence-corrected chi connectivity index (χ2v) is 6.29. The summed E-state index contributed by atoms with van der Waals surface area (Å²) in [6, 6.07) is 25.9. The van der Waals surface area contributed by atoms with Gasteiger partial charge in [0.1, 0.15) is 0 Å². The van der Waals surface area contributed by atoms with Crippen LogP contribution in [0, 0.1) is 6.92 Å². The number of nitrogens with zero attached hydrogens (tertiary/aromatic N) is 1. The molecule has 21 heavy (non-hydrogen) atoms. The number of hydrogen-bond acceptors (Lipinski definition) is 2. The monoisotopic (exact) mass is 289 g/mol. The van der Waals surface area contributed by atoms with Crippen LogP contribution in [0.25, 0.3) is 0 Å². The lowest BCUT2D eigenvalue weighted by Gasteiger charge is -2.32. The fourth-order valence-corrected chi connectivity index (χ4v) is 3.73. The summed E-state index contributed by atoms with van der Waals surface area (Å²) in [5.41, 5.74) is 5.00. The van der Waals surface area contributed by atoms with Crippen LogP contribution in [0.15, 0.2) is 82.6 Å². The van der Waals surface area contributed by atoms with Gasteiger partial charge in [0.25, 0.3) is 0 Å². The van der Waals surface area contributed by atoms with Crippen LogP contribution in [0.1, 0.15) is 5.56 Å². The topological polar surface area (TPSA) is 3.24 Å². The molecule has 0 saturated carbocycles. The van der Waals surface area contributed by atoms with Gasteiger partial charge in [-0.3, -0.25) is 0 Å². The van der Waals surface area contributed by atoms with E-state index in [-0.39, 0.29) is 0 Å². The van der Waals surface area contributed by atoms with E-state index >= 15 is 0 Å². The zero-order valence-electron chi connectivity index (χ0n) is 11.8. The highest BCUT2D eigenvalue weighted by Gasteiger charge is 2.23. The minimum Gasteiger partial charge on any atom is -0.308 e. The lowest BCUT2D eigenvalue weighted by molar-refractivity contribution is 1.16. The summed E-state index contributed by atoms with van der Waals surface area (Å²) in [4.78, 5) is 4.95. The molecule has 0 atom stereocenters. The first kappa shape index (κ1) is 12.5. The van der Waals surface area contributed by atoms with E-state index in [2.05, 4.69) is 84.6 Å². The van der Waals surface area contributed by atoms with E-state index in [1.54, 1.807) is 0 Å². The number of para-hydroxylation sites is 2. The van der Waals surface area contributed by atoms with Crippen LogP contribution in [-0.2, 0) is 0 Å². The van der Waals surface area contributed by atoms with Crippen LogP contribution in [0.2, 0.25) is 0 Å². The molecule has 0 bridgehead atoms. The minimum atomic E-state index is 1.21. The number of fused-ring (bicyclic) bond motifs is 2. The third-order valence-electron chi connectivity index (χ3n) is 3.72. The highest BCUT2D eigenvalue weighted by atomic mass is 32.2. The Bertz CT molecular complexity index is 747. The zero-order chi connectivity index (χ0) is 14.2. The predicted molar refractivity (Wildman–Crippen MR) is 90.0 cm³/mol. The molecule has 102 valence electrons. The predicted octanol–water partition coefficient (Wildman–Crippen LogP) is 5.93. The summed E-state index contributed by atoms with van der Waals surface area (Å²) < 4.78 is 0. The fourth-order valence-electron chi connectivity index (χ4n) is 2.68. The standard InChI is InChI=1S/C19H15NS/c1-14-10-12-15(13-11-14)20-16-6-2-4-8-18(16)21-19-9-5-3-7-17(19)20/h2-13H,1H3. The highest BCUT2D eigenvalue weighted by molar-refractivity contribution is 7.99. The van der Waals surface area contributed by atoms with Crippen molar-refractivity contribution in [1.82, 2.24) is 0 Å². The second kappa shape index (κ2) is 4.97. The zero-order valence-corrected chi connectivity index (χ0v) is 12.6. The number of rotatable bonds is 1. The SMILES string of the molecule is Cc1ccc(N2c3ccccc3Sc3ccccc32)cc1. The van der Waals surface area contributed by atoms with Gasteiger partial charge in [0, 0.05) is 15.5 Å².